The highest BCUT2D eigenvalue weighted by atomic mass is 32.2. The van der Waals surface area contributed by atoms with Gasteiger partial charge in [-0.05, 0) is 7.05 Å². The van der Waals surface area contributed by atoms with Crippen molar-refractivity contribution in [1.29, 1.82) is 0 Å². The van der Waals surface area contributed by atoms with Crippen LogP contribution in [0.4, 0.5) is 0 Å². The lowest BCUT2D eigenvalue weighted by molar-refractivity contribution is 0.0594. The molecule has 1 aromatic rings. The Morgan fingerprint density at radius 1 is 1.75 bits per heavy atom. The van der Waals surface area contributed by atoms with Gasteiger partial charge in [-0.25, -0.2) is 9.78 Å². The minimum absolute atomic E-state index is 0.261. The van der Waals surface area contributed by atoms with Crippen molar-refractivity contribution in [1.82, 2.24) is 14.9 Å². The number of hydrogen-bond donors (Lipinski definition) is 1. The van der Waals surface area contributed by atoms with Gasteiger partial charge in [-0.1, -0.05) is 0 Å². The Labute approximate surface area is 98.6 Å². The van der Waals surface area contributed by atoms with Crippen LogP contribution >= 0.6 is 11.8 Å². The van der Waals surface area contributed by atoms with Crippen molar-refractivity contribution in [2.75, 3.05) is 32.2 Å². The lowest BCUT2D eigenvalue weighted by Crippen LogP contribution is -2.33. The molecule has 0 bridgehead atoms. The molecule has 0 saturated carbocycles. The maximum absolute atomic E-state index is 11.3. The summed E-state index contributed by atoms with van der Waals surface area (Å²) in [4.78, 5) is 20.8. The van der Waals surface area contributed by atoms with Gasteiger partial charge in [-0.2, -0.15) is 11.8 Å². The van der Waals surface area contributed by atoms with Gasteiger partial charge in [0, 0.05) is 18.1 Å². The summed E-state index contributed by atoms with van der Waals surface area (Å²) in [5.41, 5.74) is 0.418. The number of esters is 1. The topological polar surface area (TPSA) is 58.2 Å². The lowest BCUT2D eigenvalue weighted by atomic mass is 10.3. The molecule has 6 heteroatoms. The van der Waals surface area contributed by atoms with Crippen molar-refractivity contribution in [3.63, 3.8) is 0 Å². The first-order valence-electron chi connectivity index (χ1n) is 5.13. The van der Waals surface area contributed by atoms with Crippen LogP contribution in [0.2, 0.25) is 0 Å². The molecule has 0 aliphatic carbocycles. The van der Waals surface area contributed by atoms with Crippen LogP contribution < -0.4 is 0 Å². The Hall–Kier alpha value is -1.01. The predicted molar refractivity (Wildman–Crippen MR) is 62.6 cm³/mol. The van der Waals surface area contributed by atoms with Crippen LogP contribution in [0.25, 0.3) is 0 Å². The van der Waals surface area contributed by atoms with Crippen LogP contribution in [-0.2, 0) is 4.74 Å². The largest absolute Gasteiger partial charge is 0.464 e. The SMILES string of the molecule is COC(=O)c1cnc(C2CSCCN2C)[nH]1. The van der Waals surface area contributed by atoms with Crippen LogP contribution in [-0.4, -0.2) is 53.0 Å². The number of aromatic nitrogens is 2. The number of carbonyl (C=O) groups excluding carboxylic acids is 1. The van der Waals surface area contributed by atoms with Crippen LogP contribution in [0.3, 0.4) is 0 Å². The molecule has 88 valence electrons. The molecule has 0 amide bonds. The number of imidazole rings is 1. The molecule has 16 heavy (non-hydrogen) atoms. The Balaban J connectivity index is 2.14. The number of H-pyrrole nitrogens is 1. The third kappa shape index (κ3) is 2.22. The lowest BCUT2D eigenvalue weighted by Gasteiger charge is -2.30. The predicted octanol–water partition coefficient (Wildman–Crippen LogP) is 0.916. The number of aromatic amines is 1. The Bertz CT molecular complexity index is 380. The van der Waals surface area contributed by atoms with E-state index in [1.54, 1.807) is 0 Å². The molecule has 1 N–H and O–H groups in total. The fourth-order valence-corrected chi connectivity index (χ4v) is 2.91. The summed E-state index contributed by atoms with van der Waals surface area (Å²) >= 11 is 1.91. The minimum Gasteiger partial charge on any atom is -0.464 e. The normalized spacial score (nSPS) is 22.0. The number of methoxy groups -OCH3 is 1. The molecule has 1 fully saturated rings. The fraction of sp³-hybridized carbons (Fsp3) is 0.600. The monoisotopic (exact) mass is 241 g/mol. The molecule has 2 heterocycles. The summed E-state index contributed by atoms with van der Waals surface area (Å²) in [6.45, 7) is 1.05. The van der Waals surface area contributed by atoms with E-state index in [1.807, 2.05) is 11.8 Å². The van der Waals surface area contributed by atoms with E-state index in [0.717, 1.165) is 23.9 Å². The van der Waals surface area contributed by atoms with Crippen molar-refractivity contribution in [3.05, 3.63) is 17.7 Å². The molecule has 0 spiro atoms. The molecule has 2 rings (SSSR count). The van der Waals surface area contributed by atoms with Crippen LogP contribution in [0.15, 0.2) is 6.20 Å². The number of nitrogens with zero attached hydrogens (tertiary/aromatic N) is 2. The second-order valence-electron chi connectivity index (χ2n) is 3.75. The standard InChI is InChI=1S/C10H15N3O2S/c1-13-3-4-16-6-8(13)9-11-5-7(12-9)10(14)15-2/h5,8H,3-4,6H2,1-2H3,(H,11,12). The molecular weight excluding hydrogens is 226 g/mol. The van der Waals surface area contributed by atoms with Gasteiger partial charge in [0.1, 0.15) is 11.5 Å². The zero-order valence-electron chi connectivity index (χ0n) is 9.40. The van der Waals surface area contributed by atoms with Gasteiger partial charge in [-0.15, -0.1) is 0 Å². The van der Waals surface area contributed by atoms with Crippen LogP contribution in [0.1, 0.15) is 22.4 Å². The fourth-order valence-electron chi connectivity index (χ4n) is 1.69. The summed E-state index contributed by atoms with van der Waals surface area (Å²) in [6, 6.07) is 0.261. The van der Waals surface area contributed by atoms with E-state index in [0.29, 0.717) is 5.69 Å². The zero-order valence-corrected chi connectivity index (χ0v) is 10.2. The van der Waals surface area contributed by atoms with Gasteiger partial charge in [0.05, 0.1) is 19.3 Å². The van der Waals surface area contributed by atoms with E-state index in [9.17, 15) is 4.79 Å². The molecular formula is C10H15N3O2S. The van der Waals surface area contributed by atoms with Crippen molar-refractivity contribution in [3.8, 4) is 0 Å². The van der Waals surface area contributed by atoms with Gasteiger partial charge >= 0.3 is 5.97 Å². The highest BCUT2D eigenvalue weighted by molar-refractivity contribution is 7.99. The Morgan fingerprint density at radius 2 is 2.56 bits per heavy atom. The third-order valence-electron chi connectivity index (χ3n) is 2.71. The summed E-state index contributed by atoms with van der Waals surface area (Å²) in [5, 5.41) is 0. The Kier molecular flexibility index (Phi) is 3.50. The van der Waals surface area contributed by atoms with Gasteiger partial charge in [0.25, 0.3) is 0 Å². The quantitative estimate of drug-likeness (QED) is 0.780. The summed E-state index contributed by atoms with van der Waals surface area (Å²) < 4.78 is 4.63. The first-order valence-corrected chi connectivity index (χ1v) is 6.29. The van der Waals surface area contributed by atoms with Gasteiger partial charge in [-0.3, -0.25) is 4.90 Å². The molecule has 1 aliphatic rings. The van der Waals surface area contributed by atoms with Gasteiger partial charge in [0.15, 0.2) is 0 Å². The second kappa shape index (κ2) is 4.88. The Morgan fingerprint density at radius 3 is 3.25 bits per heavy atom. The first kappa shape index (κ1) is 11.5. The van der Waals surface area contributed by atoms with Gasteiger partial charge < -0.3 is 9.72 Å². The van der Waals surface area contributed by atoms with E-state index in [1.165, 1.54) is 13.3 Å². The molecule has 5 nitrogen and oxygen atoms in total. The highest BCUT2D eigenvalue weighted by Crippen LogP contribution is 2.26. The number of hydrogen-bond acceptors (Lipinski definition) is 5. The van der Waals surface area contributed by atoms with Crippen LogP contribution in [0, 0.1) is 0 Å². The summed E-state index contributed by atoms with van der Waals surface area (Å²) in [5.74, 6) is 2.63. The number of rotatable bonds is 2. The first-order chi connectivity index (χ1) is 7.72. The number of carbonyl (C=O) groups is 1. The molecule has 1 unspecified atom stereocenters. The smallest absolute Gasteiger partial charge is 0.356 e. The van der Waals surface area contributed by atoms with E-state index in [-0.39, 0.29) is 12.0 Å². The minimum atomic E-state index is -0.370. The number of nitrogens with one attached hydrogen (secondary N) is 1. The zero-order chi connectivity index (χ0) is 11.5. The average Bonchev–Trinajstić information content (AvgIpc) is 2.78. The van der Waals surface area contributed by atoms with Crippen LogP contribution in [0.5, 0.6) is 0 Å². The second-order valence-corrected chi connectivity index (χ2v) is 4.89. The van der Waals surface area contributed by atoms with E-state index >= 15 is 0 Å². The van der Waals surface area contributed by atoms with Crippen molar-refractivity contribution < 1.29 is 9.53 Å². The molecule has 0 radical (unpaired) electrons. The van der Waals surface area contributed by atoms with Gasteiger partial charge in [0.2, 0.25) is 0 Å². The van der Waals surface area contributed by atoms with Crippen molar-refractivity contribution in [2.45, 2.75) is 6.04 Å². The maximum Gasteiger partial charge on any atom is 0.356 e. The molecule has 0 aromatic carbocycles. The van der Waals surface area contributed by atoms with E-state index in [4.69, 9.17) is 0 Å². The molecule has 1 aliphatic heterocycles. The summed E-state index contributed by atoms with van der Waals surface area (Å²) in [6.07, 6.45) is 1.54. The van der Waals surface area contributed by atoms with Crippen molar-refractivity contribution >= 4 is 17.7 Å². The number of ether oxygens (including phenoxy) is 1. The molecule has 1 aromatic heterocycles. The van der Waals surface area contributed by atoms with E-state index in [2.05, 4.69) is 26.7 Å². The molecule has 1 saturated heterocycles. The highest BCUT2D eigenvalue weighted by Gasteiger charge is 2.24. The number of thioether (sulfide) groups is 1. The average molecular weight is 241 g/mol. The third-order valence-corrected chi connectivity index (χ3v) is 3.74. The van der Waals surface area contributed by atoms with E-state index < -0.39 is 0 Å². The van der Waals surface area contributed by atoms with Crippen molar-refractivity contribution in [2.24, 2.45) is 0 Å². The molecule has 1 atom stereocenters. The maximum atomic E-state index is 11.3. The summed E-state index contributed by atoms with van der Waals surface area (Å²) in [7, 11) is 3.44.